The topological polar surface area (TPSA) is 186 Å². The van der Waals surface area contributed by atoms with Gasteiger partial charge in [-0.25, -0.2) is 4.79 Å². The average Bonchev–Trinajstić information content (AvgIpc) is 3.62. The number of aromatic nitrogens is 1. The van der Waals surface area contributed by atoms with Gasteiger partial charge < -0.3 is 36.0 Å². The number of rotatable bonds is 9. The smallest absolute Gasteiger partial charge is 0.326 e. The number of likely N-dealkylation sites (tertiary alicyclic amines) is 2. The maximum Gasteiger partial charge on any atom is 0.326 e. The van der Waals surface area contributed by atoms with Crippen LogP contribution in [0.4, 0.5) is 0 Å². The minimum atomic E-state index is -1.60. The number of nitrogens with two attached hydrogens (primary N) is 1. The number of aliphatic carboxylic acids is 2. The summed E-state index contributed by atoms with van der Waals surface area (Å²) >= 11 is 0. The van der Waals surface area contributed by atoms with E-state index in [0.717, 1.165) is 16.5 Å². The van der Waals surface area contributed by atoms with Gasteiger partial charge in [-0.1, -0.05) is 18.2 Å². The number of hydrogen-bond acceptors (Lipinski definition) is 6. The third-order valence-corrected chi connectivity index (χ3v) is 7.08. The molecule has 4 atom stereocenters. The zero-order valence-electron chi connectivity index (χ0n) is 20.3. The Morgan fingerprint density at radius 1 is 1.03 bits per heavy atom. The molecule has 2 fully saturated rings. The van der Waals surface area contributed by atoms with Crippen LogP contribution in [0.25, 0.3) is 10.9 Å². The fourth-order valence-corrected chi connectivity index (χ4v) is 5.26. The molecule has 0 radical (unpaired) electrons. The second-order valence-corrected chi connectivity index (χ2v) is 9.55. The van der Waals surface area contributed by atoms with E-state index < -0.39 is 48.4 Å². The lowest BCUT2D eigenvalue weighted by molar-refractivity contribution is -0.149. The molecule has 0 bridgehead atoms. The largest absolute Gasteiger partial charge is 0.481 e. The summed E-state index contributed by atoms with van der Waals surface area (Å²) in [6.45, 7) is 0.661. The van der Waals surface area contributed by atoms with Crippen molar-refractivity contribution in [2.24, 2.45) is 5.73 Å². The van der Waals surface area contributed by atoms with Gasteiger partial charge in [0.05, 0.1) is 12.5 Å². The quantitative estimate of drug-likeness (QED) is 0.311. The van der Waals surface area contributed by atoms with Gasteiger partial charge >= 0.3 is 11.9 Å². The van der Waals surface area contributed by atoms with E-state index in [0.29, 0.717) is 38.6 Å². The molecule has 2 aliphatic heterocycles. The Morgan fingerprint density at radius 2 is 1.70 bits per heavy atom. The summed E-state index contributed by atoms with van der Waals surface area (Å²) in [5, 5.41) is 21.4. The van der Waals surface area contributed by atoms with Crippen LogP contribution in [0.5, 0.6) is 0 Å². The predicted molar refractivity (Wildman–Crippen MR) is 131 cm³/mol. The zero-order valence-corrected chi connectivity index (χ0v) is 20.3. The minimum absolute atomic E-state index is 0.285. The molecule has 2 aromatic rings. The first-order chi connectivity index (χ1) is 17.7. The number of H-pyrrole nitrogens is 1. The lowest BCUT2D eigenvalue weighted by atomic mass is 10.0. The van der Waals surface area contributed by atoms with E-state index in [9.17, 15) is 29.1 Å². The molecule has 0 spiro atoms. The number of hydrogen-bond donors (Lipinski definition) is 5. The Hall–Kier alpha value is -3.93. The van der Waals surface area contributed by atoms with Gasteiger partial charge in [0.25, 0.3) is 0 Å². The van der Waals surface area contributed by atoms with Crippen molar-refractivity contribution in [1.82, 2.24) is 20.1 Å². The molecule has 12 heteroatoms. The zero-order chi connectivity index (χ0) is 26.7. The Morgan fingerprint density at radius 3 is 2.41 bits per heavy atom. The number of carboxylic acids is 2. The second-order valence-electron chi connectivity index (χ2n) is 9.55. The van der Waals surface area contributed by atoms with E-state index in [-0.39, 0.29) is 18.4 Å². The van der Waals surface area contributed by atoms with E-state index in [1.807, 2.05) is 30.5 Å². The van der Waals surface area contributed by atoms with Crippen molar-refractivity contribution in [1.29, 1.82) is 0 Å². The van der Waals surface area contributed by atoms with E-state index in [1.165, 1.54) is 9.80 Å². The summed E-state index contributed by atoms with van der Waals surface area (Å²) in [7, 11) is 0. The Labute approximate surface area is 212 Å². The Bertz CT molecular complexity index is 1210. The summed E-state index contributed by atoms with van der Waals surface area (Å²) in [5.74, 6) is -4.27. The van der Waals surface area contributed by atoms with Crippen molar-refractivity contribution in [2.45, 2.75) is 62.7 Å². The van der Waals surface area contributed by atoms with E-state index in [2.05, 4.69) is 10.3 Å². The van der Waals surface area contributed by atoms with Gasteiger partial charge in [-0.2, -0.15) is 0 Å². The number of para-hydroxylation sites is 1. The molecular weight excluding hydrogens is 482 g/mol. The van der Waals surface area contributed by atoms with Crippen molar-refractivity contribution < 1.29 is 34.2 Å². The van der Waals surface area contributed by atoms with Gasteiger partial charge in [0, 0.05) is 30.2 Å². The summed E-state index contributed by atoms with van der Waals surface area (Å²) in [6, 6.07) is 3.56. The van der Waals surface area contributed by atoms with Crippen LogP contribution in [0.2, 0.25) is 0 Å². The normalized spacial score (nSPS) is 21.1. The average molecular weight is 514 g/mol. The maximum absolute atomic E-state index is 13.5. The summed E-state index contributed by atoms with van der Waals surface area (Å²) in [5.41, 5.74) is 8.15. The van der Waals surface area contributed by atoms with Crippen LogP contribution in [0.15, 0.2) is 30.5 Å². The highest BCUT2D eigenvalue weighted by Crippen LogP contribution is 2.26. The first kappa shape index (κ1) is 26.1. The highest BCUT2D eigenvalue weighted by Gasteiger charge is 2.43. The summed E-state index contributed by atoms with van der Waals surface area (Å²) < 4.78 is 0. The summed E-state index contributed by atoms with van der Waals surface area (Å²) in [6.07, 6.45) is 3.25. The standard InChI is InChI=1S/C25H31N5O7/c26-16(11-14-13-27-17-6-2-1-5-15(14)17)23(34)30-10-4-8-20(30)24(35)29-9-3-7-19(29)22(33)28-18(25(36)37)12-21(31)32/h1-2,5-6,13,16,18-20,27H,3-4,7-12,26H2,(H,28,33)(H,31,32)(H,36,37). The van der Waals surface area contributed by atoms with Gasteiger partial charge in [0.1, 0.15) is 18.1 Å². The number of nitrogens with one attached hydrogen (secondary N) is 2. The van der Waals surface area contributed by atoms with Crippen LogP contribution in [0.3, 0.4) is 0 Å². The molecule has 6 N–H and O–H groups in total. The van der Waals surface area contributed by atoms with Gasteiger partial charge in [-0.05, 0) is 43.7 Å². The van der Waals surface area contributed by atoms with Gasteiger partial charge in [-0.15, -0.1) is 0 Å². The van der Waals surface area contributed by atoms with E-state index in [4.69, 9.17) is 10.8 Å². The van der Waals surface area contributed by atoms with Crippen LogP contribution in [-0.2, 0) is 30.4 Å². The number of aromatic amines is 1. The van der Waals surface area contributed by atoms with Crippen molar-refractivity contribution in [3.8, 4) is 0 Å². The van der Waals surface area contributed by atoms with Crippen molar-refractivity contribution in [2.75, 3.05) is 13.1 Å². The Kier molecular flexibility index (Phi) is 7.77. The minimum Gasteiger partial charge on any atom is -0.481 e. The number of carbonyl (C=O) groups excluding carboxylic acids is 3. The third kappa shape index (κ3) is 5.58. The van der Waals surface area contributed by atoms with Crippen LogP contribution < -0.4 is 11.1 Å². The fourth-order valence-electron chi connectivity index (χ4n) is 5.26. The lowest BCUT2D eigenvalue weighted by Crippen LogP contribution is -2.56. The van der Waals surface area contributed by atoms with Crippen LogP contribution >= 0.6 is 0 Å². The Balaban J connectivity index is 1.43. The maximum atomic E-state index is 13.5. The molecule has 12 nitrogen and oxygen atoms in total. The fraction of sp³-hybridized carbons (Fsp3) is 0.480. The van der Waals surface area contributed by atoms with Crippen LogP contribution in [0, 0.1) is 0 Å². The SMILES string of the molecule is NC(Cc1c[nH]c2ccccc12)C(=O)N1CCCC1C(=O)N1CCCC1C(=O)NC(CC(=O)O)C(=O)O. The number of carboxylic acid groups (broad SMARTS) is 2. The molecule has 0 saturated carbocycles. The molecule has 4 rings (SSSR count). The third-order valence-electron chi connectivity index (χ3n) is 7.08. The van der Waals surface area contributed by atoms with Crippen LogP contribution in [-0.4, -0.2) is 91.9 Å². The second kappa shape index (κ2) is 11.0. The number of benzene rings is 1. The molecule has 4 unspecified atom stereocenters. The lowest BCUT2D eigenvalue weighted by Gasteiger charge is -2.32. The first-order valence-corrected chi connectivity index (χ1v) is 12.3. The van der Waals surface area contributed by atoms with Gasteiger partial charge in [0.15, 0.2) is 0 Å². The molecular formula is C25H31N5O7. The van der Waals surface area contributed by atoms with Crippen LogP contribution in [0.1, 0.15) is 37.7 Å². The monoisotopic (exact) mass is 513 g/mol. The molecule has 2 aliphatic rings. The van der Waals surface area contributed by atoms with E-state index in [1.54, 1.807) is 0 Å². The number of carbonyl (C=O) groups is 5. The predicted octanol–water partition coefficient (Wildman–Crippen LogP) is 0.0638. The first-order valence-electron chi connectivity index (χ1n) is 12.3. The molecule has 37 heavy (non-hydrogen) atoms. The number of fused-ring (bicyclic) bond motifs is 1. The molecule has 3 heterocycles. The van der Waals surface area contributed by atoms with Crippen molar-refractivity contribution in [3.05, 3.63) is 36.0 Å². The highest BCUT2D eigenvalue weighted by molar-refractivity contribution is 5.95. The van der Waals surface area contributed by atoms with Gasteiger partial charge in [-0.3, -0.25) is 19.2 Å². The summed E-state index contributed by atoms with van der Waals surface area (Å²) in [4.78, 5) is 67.9. The number of nitrogens with zero attached hydrogens (tertiary/aromatic N) is 2. The highest BCUT2D eigenvalue weighted by atomic mass is 16.4. The molecule has 198 valence electrons. The van der Waals surface area contributed by atoms with Crippen molar-refractivity contribution >= 4 is 40.6 Å². The number of amides is 3. The van der Waals surface area contributed by atoms with Crippen molar-refractivity contribution in [3.63, 3.8) is 0 Å². The molecule has 0 aliphatic carbocycles. The molecule has 1 aromatic carbocycles. The van der Waals surface area contributed by atoms with E-state index >= 15 is 0 Å². The molecule has 2 saturated heterocycles. The van der Waals surface area contributed by atoms with Gasteiger partial charge in [0.2, 0.25) is 17.7 Å². The molecule has 3 amide bonds. The molecule has 1 aromatic heterocycles.